The lowest BCUT2D eigenvalue weighted by Crippen LogP contribution is -2.33. The zero-order valence-corrected chi connectivity index (χ0v) is 12.5. The van der Waals surface area contributed by atoms with Crippen molar-refractivity contribution in [1.29, 1.82) is 0 Å². The fourth-order valence-corrected chi connectivity index (χ4v) is 3.11. The molecule has 1 aromatic carbocycles. The Balaban J connectivity index is 1.97. The Morgan fingerprint density at radius 2 is 2.05 bits per heavy atom. The maximum absolute atomic E-state index is 5.35. The molecule has 0 radical (unpaired) electrons. The quantitative estimate of drug-likeness (QED) is 0.844. The number of hydrogen-bond acceptors (Lipinski definition) is 4. The molecule has 2 rings (SSSR count). The Hall–Kier alpha value is -0.940. The van der Waals surface area contributed by atoms with Gasteiger partial charge < -0.3 is 14.8 Å². The zero-order valence-electron chi connectivity index (χ0n) is 11.7. The van der Waals surface area contributed by atoms with Gasteiger partial charge in [-0.3, -0.25) is 0 Å². The van der Waals surface area contributed by atoms with E-state index in [1.165, 1.54) is 15.0 Å². The van der Waals surface area contributed by atoms with E-state index in [0.29, 0.717) is 12.6 Å². The minimum atomic E-state index is 0.0989. The molecule has 1 heterocycles. The molecule has 0 spiro atoms. The van der Waals surface area contributed by atoms with Gasteiger partial charge >= 0.3 is 0 Å². The Morgan fingerprint density at radius 1 is 1.26 bits per heavy atom. The van der Waals surface area contributed by atoms with E-state index in [2.05, 4.69) is 42.6 Å². The fourth-order valence-electron chi connectivity index (χ4n) is 2.02. The monoisotopic (exact) mass is 279 g/mol. The van der Waals surface area contributed by atoms with E-state index in [0.717, 1.165) is 6.54 Å². The Kier molecular flexibility index (Phi) is 5.34. The van der Waals surface area contributed by atoms with Crippen LogP contribution < -0.4 is 5.32 Å². The van der Waals surface area contributed by atoms with Gasteiger partial charge in [-0.2, -0.15) is 0 Å². The normalized spacial score (nSPS) is 14.7. The predicted octanol–water partition coefficient (Wildman–Crippen LogP) is 3.21. The van der Waals surface area contributed by atoms with E-state index in [1.54, 1.807) is 14.2 Å². The van der Waals surface area contributed by atoms with E-state index in [1.807, 2.05) is 11.3 Å². The van der Waals surface area contributed by atoms with Gasteiger partial charge in [0, 0.05) is 36.4 Å². The SMILES string of the molecule is COCC(CNC(C)c1cc2ccccc2s1)OC. The molecule has 2 atom stereocenters. The maximum Gasteiger partial charge on any atom is 0.0928 e. The van der Waals surface area contributed by atoms with Gasteiger partial charge in [0.25, 0.3) is 0 Å². The first-order chi connectivity index (χ1) is 9.24. The van der Waals surface area contributed by atoms with Crippen molar-refractivity contribution < 1.29 is 9.47 Å². The Morgan fingerprint density at radius 3 is 2.74 bits per heavy atom. The molecule has 0 saturated heterocycles. The third-order valence-electron chi connectivity index (χ3n) is 3.21. The van der Waals surface area contributed by atoms with E-state index in [4.69, 9.17) is 9.47 Å². The van der Waals surface area contributed by atoms with Gasteiger partial charge in [-0.1, -0.05) is 18.2 Å². The summed E-state index contributed by atoms with van der Waals surface area (Å²) in [6, 6.07) is 11.1. The zero-order chi connectivity index (χ0) is 13.7. The molecule has 3 nitrogen and oxygen atoms in total. The molecule has 4 heteroatoms. The highest BCUT2D eigenvalue weighted by Gasteiger charge is 2.12. The highest BCUT2D eigenvalue weighted by Crippen LogP contribution is 2.29. The summed E-state index contributed by atoms with van der Waals surface area (Å²) in [5, 5.41) is 4.82. The van der Waals surface area contributed by atoms with Crippen molar-refractivity contribution in [3.63, 3.8) is 0 Å². The second kappa shape index (κ2) is 7.01. The van der Waals surface area contributed by atoms with E-state index in [-0.39, 0.29) is 6.10 Å². The van der Waals surface area contributed by atoms with E-state index in [9.17, 15) is 0 Å². The molecule has 1 N–H and O–H groups in total. The van der Waals surface area contributed by atoms with Crippen molar-refractivity contribution >= 4 is 21.4 Å². The topological polar surface area (TPSA) is 30.5 Å². The molecular weight excluding hydrogens is 258 g/mol. The smallest absolute Gasteiger partial charge is 0.0928 e. The Labute approximate surface area is 118 Å². The van der Waals surface area contributed by atoms with Gasteiger partial charge in [0.2, 0.25) is 0 Å². The summed E-state index contributed by atoms with van der Waals surface area (Å²) < 4.78 is 11.8. The van der Waals surface area contributed by atoms with Gasteiger partial charge in [-0.05, 0) is 24.4 Å². The summed E-state index contributed by atoms with van der Waals surface area (Å²) in [5.74, 6) is 0. The highest BCUT2D eigenvalue weighted by molar-refractivity contribution is 7.19. The van der Waals surface area contributed by atoms with Crippen molar-refractivity contribution in [3.8, 4) is 0 Å². The van der Waals surface area contributed by atoms with E-state index >= 15 is 0 Å². The first kappa shape index (κ1) is 14.5. The summed E-state index contributed by atoms with van der Waals surface area (Å²) >= 11 is 1.84. The molecule has 0 bridgehead atoms. The fraction of sp³-hybridized carbons (Fsp3) is 0.467. The first-order valence-electron chi connectivity index (χ1n) is 6.48. The predicted molar refractivity (Wildman–Crippen MR) is 80.9 cm³/mol. The van der Waals surface area contributed by atoms with Crippen molar-refractivity contribution in [2.75, 3.05) is 27.4 Å². The van der Waals surface area contributed by atoms with Gasteiger partial charge in [-0.25, -0.2) is 0 Å². The second-order valence-corrected chi connectivity index (χ2v) is 5.74. The average Bonchev–Trinajstić information content (AvgIpc) is 2.87. The minimum Gasteiger partial charge on any atom is -0.382 e. The summed E-state index contributed by atoms with van der Waals surface area (Å²) in [7, 11) is 3.41. The van der Waals surface area contributed by atoms with Crippen LogP contribution in [0.15, 0.2) is 30.3 Å². The molecule has 104 valence electrons. The Bertz CT molecular complexity index is 479. The van der Waals surface area contributed by atoms with Crippen molar-refractivity contribution in [2.45, 2.75) is 19.1 Å². The van der Waals surface area contributed by atoms with Crippen LogP contribution in [0.25, 0.3) is 10.1 Å². The van der Waals surface area contributed by atoms with Crippen LogP contribution in [0, 0.1) is 0 Å². The molecule has 1 aromatic heterocycles. The number of hydrogen-bond donors (Lipinski definition) is 1. The molecule has 0 saturated carbocycles. The number of fused-ring (bicyclic) bond motifs is 1. The maximum atomic E-state index is 5.35. The highest BCUT2D eigenvalue weighted by atomic mass is 32.1. The van der Waals surface area contributed by atoms with E-state index < -0.39 is 0 Å². The lowest BCUT2D eigenvalue weighted by atomic mass is 10.2. The number of rotatable bonds is 7. The number of nitrogens with one attached hydrogen (secondary N) is 1. The van der Waals surface area contributed by atoms with Crippen LogP contribution in [0.3, 0.4) is 0 Å². The number of benzene rings is 1. The average molecular weight is 279 g/mol. The van der Waals surface area contributed by atoms with Gasteiger partial charge in [0.1, 0.15) is 0 Å². The number of methoxy groups -OCH3 is 2. The summed E-state index contributed by atoms with van der Waals surface area (Å²) in [5.41, 5.74) is 0. The molecule has 0 fully saturated rings. The van der Waals surface area contributed by atoms with Crippen LogP contribution in [0.2, 0.25) is 0 Å². The third-order valence-corrected chi connectivity index (χ3v) is 4.51. The third kappa shape index (κ3) is 3.76. The molecule has 19 heavy (non-hydrogen) atoms. The van der Waals surface area contributed by atoms with Crippen LogP contribution in [0.4, 0.5) is 0 Å². The van der Waals surface area contributed by atoms with Crippen LogP contribution >= 0.6 is 11.3 Å². The molecular formula is C15H21NO2S. The van der Waals surface area contributed by atoms with Crippen molar-refractivity contribution in [2.24, 2.45) is 0 Å². The molecule has 0 aliphatic rings. The number of thiophene rings is 1. The standard InChI is InChI=1S/C15H21NO2S/c1-11(16-9-13(18-3)10-17-2)15-8-12-6-4-5-7-14(12)19-15/h4-8,11,13,16H,9-10H2,1-3H3. The summed E-state index contributed by atoms with van der Waals surface area (Å²) in [6.45, 7) is 3.59. The molecule has 0 aliphatic carbocycles. The first-order valence-corrected chi connectivity index (χ1v) is 7.30. The van der Waals surface area contributed by atoms with Crippen LogP contribution in [-0.2, 0) is 9.47 Å². The van der Waals surface area contributed by atoms with Gasteiger partial charge in [0.15, 0.2) is 0 Å². The molecule has 2 unspecified atom stereocenters. The lowest BCUT2D eigenvalue weighted by Gasteiger charge is -2.18. The number of ether oxygens (including phenoxy) is 2. The minimum absolute atomic E-state index is 0.0989. The molecule has 0 amide bonds. The van der Waals surface area contributed by atoms with Crippen LogP contribution in [-0.4, -0.2) is 33.5 Å². The van der Waals surface area contributed by atoms with Crippen LogP contribution in [0.1, 0.15) is 17.8 Å². The van der Waals surface area contributed by atoms with Crippen molar-refractivity contribution in [3.05, 3.63) is 35.2 Å². The largest absolute Gasteiger partial charge is 0.382 e. The van der Waals surface area contributed by atoms with Gasteiger partial charge in [0.05, 0.1) is 12.7 Å². The molecule has 0 aliphatic heterocycles. The summed E-state index contributed by atoms with van der Waals surface area (Å²) in [4.78, 5) is 1.36. The lowest BCUT2D eigenvalue weighted by molar-refractivity contribution is 0.0277. The second-order valence-electron chi connectivity index (χ2n) is 4.63. The molecule has 2 aromatic rings. The van der Waals surface area contributed by atoms with Gasteiger partial charge in [-0.15, -0.1) is 11.3 Å². The summed E-state index contributed by atoms with van der Waals surface area (Å²) in [6.07, 6.45) is 0.0989. The van der Waals surface area contributed by atoms with Crippen LogP contribution in [0.5, 0.6) is 0 Å². The van der Waals surface area contributed by atoms with Crippen molar-refractivity contribution in [1.82, 2.24) is 5.32 Å².